The van der Waals surface area contributed by atoms with E-state index in [1.807, 2.05) is 13.8 Å². The minimum absolute atomic E-state index is 0.410. The second kappa shape index (κ2) is 5.30. The summed E-state index contributed by atoms with van der Waals surface area (Å²) in [6.07, 6.45) is 0. The van der Waals surface area contributed by atoms with Crippen molar-refractivity contribution >= 4 is 23.2 Å². The van der Waals surface area contributed by atoms with Crippen LogP contribution in [0.15, 0.2) is 36.4 Å². The molecule has 0 aromatic heterocycles. The van der Waals surface area contributed by atoms with E-state index in [-0.39, 0.29) is 0 Å². The normalized spacial score (nSPS) is 19.7. The lowest BCUT2D eigenvalue weighted by Crippen LogP contribution is -2.35. The second-order valence-corrected chi connectivity index (χ2v) is 5.65. The van der Waals surface area contributed by atoms with Crippen LogP contribution in [0.1, 0.15) is 23.6 Å². The van der Waals surface area contributed by atoms with Crippen LogP contribution in [0.25, 0.3) is 0 Å². The van der Waals surface area contributed by atoms with E-state index in [0.29, 0.717) is 34.2 Å². The molecule has 0 fully saturated rings. The summed E-state index contributed by atoms with van der Waals surface area (Å²) >= 11 is 6.17. The monoisotopic (exact) mass is 317 g/mol. The third-order valence-electron chi connectivity index (χ3n) is 3.84. The van der Waals surface area contributed by atoms with E-state index < -0.39 is 11.5 Å². The molecule has 3 rings (SSSR count). The summed E-state index contributed by atoms with van der Waals surface area (Å²) in [5.74, 6) is -0.0245. The molecular weight excluding hydrogens is 302 g/mol. The van der Waals surface area contributed by atoms with Crippen LogP contribution >= 0.6 is 11.6 Å². The van der Waals surface area contributed by atoms with Crippen LogP contribution in [0.5, 0.6) is 5.75 Å². The van der Waals surface area contributed by atoms with Crippen LogP contribution in [-0.2, 0) is 10.4 Å². The average Bonchev–Trinajstić information content (AvgIpc) is 2.73. The van der Waals surface area contributed by atoms with Crippen molar-refractivity contribution in [3.8, 4) is 5.75 Å². The zero-order valence-corrected chi connectivity index (χ0v) is 13.1. The van der Waals surface area contributed by atoms with Gasteiger partial charge in [0.2, 0.25) is 0 Å². The molecule has 1 unspecified atom stereocenters. The number of carbonyl (C=O) groups is 1. The topological polar surface area (TPSA) is 58.6 Å². The molecule has 114 valence electrons. The van der Waals surface area contributed by atoms with Gasteiger partial charge in [0.05, 0.1) is 6.61 Å². The summed E-state index contributed by atoms with van der Waals surface area (Å²) in [5, 5.41) is 14.4. The van der Waals surface area contributed by atoms with Gasteiger partial charge >= 0.3 is 0 Å². The minimum atomic E-state index is -1.81. The maximum Gasteiger partial charge on any atom is 0.266 e. The Balaban J connectivity index is 2.23. The molecule has 1 amide bonds. The van der Waals surface area contributed by atoms with Crippen molar-refractivity contribution in [3.63, 3.8) is 0 Å². The number of benzene rings is 2. The van der Waals surface area contributed by atoms with Crippen molar-refractivity contribution in [2.75, 3.05) is 11.9 Å². The van der Waals surface area contributed by atoms with Gasteiger partial charge in [-0.15, -0.1) is 0 Å². The number of aliphatic hydroxyl groups is 1. The van der Waals surface area contributed by atoms with Crippen molar-refractivity contribution in [1.29, 1.82) is 0 Å². The number of halogens is 1. The zero-order chi connectivity index (χ0) is 15.9. The standard InChI is InChI=1S/C17H16ClNO3/c1-3-22-15-7-5-4-6-11(15)17(21)12-9-13(18)10(2)8-14(12)19-16(17)20/h4-9,21H,3H2,1-2H3,(H,19,20). The molecule has 0 aliphatic carbocycles. The number of carbonyl (C=O) groups excluding carboxylic acids is 1. The molecule has 5 heteroatoms. The molecule has 1 aliphatic heterocycles. The smallest absolute Gasteiger partial charge is 0.266 e. The highest BCUT2D eigenvalue weighted by Gasteiger charge is 2.48. The Morgan fingerprint density at radius 1 is 1.27 bits per heavy atom. The van der Waals surface area contributed by atoms with Crippen LogP contribution in [0.2, 0.25) is 5.02 Å². The predicted octanol–water partition coefficient (Wildman–Crippen LogP) is 3.24. The molecule has 0 bridgehead atoms. The highest BCUT2D eigenvalue weighted by Crippen LogP contribution is 2.45. The number of rotatable bonds is 3. The van der Waals surface area contributed by atoms with Gasteiger partial charge in [0.25, 0.3) is 5.91 Å². The average molecular weight is 318 g/mol. The van der Waals surface area contributed by atoms with Crippen LogP contribution in [0.3, 0.4) is 0 Å². The van der Waals surface area contributed by atoms with Crippen molar-refractivity contribution in [1.82, 2.24) is 0 Å². The van der Waals surface area contributed by atoms with E-state index in [4.69, 9.17) is 16.3 Å². The molecule has 1 heterocycles. The maximum absolute atomic E-state index is 12.5. The van der Waals surface area contributed by atoms with Gasteiger partial charge in [-0.3, -0.25) is 4.79 Å². The number of nitrogens with one attached hydrogen (secondary N) is 1. The lowest BCUT2D eigenvalue weighted by atomic mass is 9.86. The molecule has 4 nitrogen and oxygen atoms in total. The Morgan fingerprint density at radius 2 is 2.00 bits per heavy atom. The van der Waals surface area contributed by atoms with Crippen LogP contribution in [-0.4, -0.2) is 17.6 Å². The summed E-state index contributed by atoms with van der Waals surface area (Å²) in [7, 11) is 0. The van der Waals surface area contributed by atoms with Crippen LogP contribution in [0.4, 0.5) is 5.69 Å². The minimum Gasteiger partial charge on any atom is -0.493 e. The van der Waals surface area contributed by atoms with Gasteiger partial charge in [-0.2, -0.15) is 0 Å². The molecular formula is C17H16ClNO3. The number of aryl methyl sites for hydroxylation is 1. The molecule has 0 saturated heterocycles. The van der Waals surface area contributed by atoms with Crippen molar-refractivity contribution in [3.05, 3.63) is 58.1 Å². The Morgan fingerprint density at radius 3 is 2.73 bits per heavy atom. The van der Waals surface area contributed by atoms with Crippen molar-refractivity contribution < 1.29 is 14.6 Å². The first kappa shape index (κ1) is 14.9. The van der Waals surface area contributed by atoms with Gasteiger partial charge in [-0.1, -0.05) is 29.8 Å². The molecule has 1 atom stereocenters. The third kappa shape index (κ3) is 2.07. The van der Waals surface area contributed by atoms with Gasteiger partial charge in [0, 0.05) is 21.8 Å². The first-order chi connectivity index (χ1) is 10.5. The Labute approximate surface area is 133 Å². The fourth-order valence-corrected chi connectivity index (χ4v) is 2.90. The first-order valence-corrected chi connectivity index (χ1v) is 7.43. The second-order valence-electron chi connectivity index (χ2n) is 5.24. The zero-order valence-electron chi connectivity index (χ0n) is 12.3. The van der Waals surface area contributed by atoms with Crippen LogP contribution in [0, 0.1) is 6.92 Å². The SMILES string of the molecule is CCOc1ccccc1C1(O)C(=O)Nc2cc(C)c(Cl)cc21. The third-order valence-corrected chi connectivity index (χ3v) is 4.25. The Kier molecular flexibility index (Phi) is 3.59. The number of hydrogen-bond donors (Lipinski definition) is 2. The molecule has 2 aromatic rings. The van der Waals surface area contributed by atoms with Gasteiger partial charge in [-0.05, 0) is 37.6 Å². The number of para-hydroxylation sites is 1. The fraction of sp³-hybridized carbons (Fsp3) is 0.235. The number of hydrogen-bond acceptors (Lipinski definition) is 3. The summed E-state index contributed by atoms with van der Waals surface area (Å²) in [4.78, 5) is 12.5. The summed E-state index contributed by atoms with van der Waals surface area (Å²) in [6, 6.07) is 10.4. The van der Waals surface area contributed by atoms with E-state index in [1.54, 1.807) is 36.4 Å². The van der Waals surface area contributed by atoms with Crippen molar-refractivity contribution in [2.24, 2.45) is 0 Å². The quantitative estimate of drug-likeness (QED) is 0.913. The van der Waals surface area contributed by atoms with E-state index >= 15 is 0 Å². The number of fused-ring (bicyclic) bond motifs is 1. The van der Waals surface area contributed by atoms with E-state index in [0.717, 1.165) is 5.56 Å². The number of ether oxygens (including phenoxy) is 1. The molecule has 1 aliphatic rings. The van der Waals surface area contributed by atoms with E-state index in [9.17, 15) is 9.90 Å². The summed E-state index contributed by atoms with van der Waals surface area (Å²) < 4.78 is 5.56. The van der Waals surface area contributed by atoms with Gasteiger partial charge in [0.1, 0.15) is 5.75 Å². The van der Waals surface area contributed by atoms with E-state index in [2.05, 4.69) is 5.32 Å². The van der Waals surface area contributed by atoms with Gasteiger partial charge < -0.3 is 15.2 Å². The van der Waals surface area contributed by atoms with Gasteiger partial charge in [-0.25, -0.2) is 0 Å². The molecule has 2 aromatic carbocycles. The number of anilines is 1. The fourth-order valence-electron chi connectivity index (χ4n) is 2.73. The van der Waals surface area contributed by atoms with Crippen LogP contribution < -0.4 is 10.1 Å². The Bertz CT molecular complexity index is 760. The molecule has 0 spiro atoms. The van der Waals surface area contributed by atoms with Gasteiger partial charge in [0.15, 0.2) is 5.60 Å². The predicted molar refractivity (Wildman–Crippen MR) is 85.4 cm³/mol. The molecule has 0 radical (unpaired) electrons. The highest BCUT2D eigenvalue weighted by atomic mass is 35.5. The summed E-state index contributed by atoms with van der Waals surface area (Å²) in [5.41, 5.74) is 0.454. The number of amides is 1. The molecule has 0 saturated carbocycles. The first-order valence-electron chi connectivity index (χ1n) is 7.05. The summed E-state index contributed by atoms with van der Waals surface area (Å²) in [6.45, 7) is 4.14. The van der Waals surface area contributed by atoms with E-state index in [1.165, 1.54) is 0 Å². The lowest BCUT2D eigenvalue weighted by Gasteiger charge is -2.24. The molecule has 2 N–H and O–H groups in total. The largest absolute Gasteiger partial charge is 0.493 e. The highest BCUT2D eigenvalue weighted by molar-refractivity contribution is 6.31. The Hall–Kier alpha value is -2.04. The molecule has 22 heavy (non-hydrogen) atoms. The maximum atomic E-state index is 12.5. The lowest BCUT2D eigenvalue weighted by molar-refractivity contribution is -0.129. The van der Waals surface area contributed by atoms with Crippen molar-refractivity contribution in [2.45, 2.75) is 19.4 Å².